The molecule has 6 N–H and O–H groups in total. The normalized spacial score (nSPS) is 14.3. The monoisotopic (exact) mass is 321 g/mol. The number of hydrogen-bond acceptors (Lipinski definition) is 5. The van der Waals surface area contributed by atoms with Crippen LogP contribution in [0.5, 0.6) is 0 Å². The van der Waals surface area contributed by atoms with Gasteiger partial charge in [0.1, 0.15) is 0 Å². The van der Waals surface area contributed by atoms with Crippen LogP contribution < -0.4 is 5.73 Å². The van der Waals surface area contributed by atoms with Gasteiger partial charge in [0.25, 0.3) is 0 Å². The van der Waals surface area contributed by atoms with E-state index in [1.165, 1.54) is 16.3 Å². The Bertz CT molecular complexity index is 662. The molecule has 0 fully saturated rings. The van der Waals surface area contributed by atoms with Crippen molar-refractivity contribution >= 4 is 22.7 Å². The van der Waals surface area contributed by atoms with Gasteiger partial charge in [-0.3, -0.25) is 0 Å². The van der Waals surface area contributed by atoms with Crippen molar-refractivity contribution in [3.05, 3.63) is 48.0 Å². The number of aliphatic hydroxyl groups is 2. The minimum absolute atomic E-state index is 0.103. The third-order valence-electron chi connectivity index (χ3n) is 3.12. The Morgan fingerprint density at radius 1 is 0.913 bits per heavy atom. The number of carbonyl (C=O) groups is 2. The molecule has 0 aromatic heterocycles. The largest absolute Gasteiger partial charge is 0.479 e. The lowest BCUT2D eigenvalue weighted by atomic mass is 10.0. The van der Waals surface area contributed by atoms with Crippen molar-refractivity contribution in [1.29, 1.82) is 0 Å². The van der Waals surface area contributed by atoms with E-state index in [0.29, 0.717) is 0 Å². The fourth-order valence-corrected chi connectivity index (χ4v) is 1.92. The molecule has 2 rings (SSSR count). The lowest BCUT2D eigenvalue weighted by Crippen LogP contribution is -2.39. The number of carboxylic acids is 2. The second kappa shape index (κ2) is 8.23. The summed E-state index contributed by atoms with van der Waals surface area (Å²) in [4.78, 5) is 19.5. The minimum atomic E-state index is -2.27. The molecule has 0 heterocycles. The number of benzene rings is 2. The van der Waals surface area contributed by atoms with Gasteiger partial charge in [-0.1, -0.05) is 42.5 Å². The van der Waals surface area contributed by atoms with Crippen LogP contribution in [0.2, 0.25) is 0 Å². The van der Waals surface area contributed by atoms with Crippen molar-refractivity contribution < 1.29 is 30.0 Å². The molecule has 23 heavy (non-hydrogen) atoms. The summed E-state index contributed by atoms with van der Waals surface area (Å²) in [5.41, 5.74) is 7.10. The van der Waals surface area contributed by atoms with Crippen LogP contribution in [0.1, 0.15) is 18.5 Å². The number of carboxylic acid groups (broad SMARTS) is 2. The van der Waals surface area contributed by atoms with Gasteiger partial charge in [-0.25, -0.2) is 9.59 Å². The van der Waals surface area contributed by atoms with Crippen molar-refractivity contribution in [2.75, 3.05) is 0 Å². The summed E-state index contributed by atoms with van der Waals surface area (Å²) in [7, 11) is 0. The molecule has 0 amide bonds. The van der Waals surface area contributed by atoms with Gasteiger partial charge in [-0.15, -0.1) is 0 Å². The van der Waals surface area contributed by atoms with Crippen LogP contribution in [-0.4, -0.2) is 44.6 Å². The minimum Gasteiger partial charge on any atom is -0.479 e. The summed E-state index contributed by atoms with van der Waals surface area (Å²) in [6.45, 7) is 2.02. The van der Waals surface area contributed by atoms with Crippen molar-refractivity contribution in [3.63, 3.8) is 0 Å². The highest BCUT2D eigenvalue weighted by Gasteiger charge is 2.29. The van der Waals surface area contributed by atoms with Gasteiger partial charge in [-0.05, 0) is 23.3 Å². The maximum Gasteiger partial charge on any atom is 0.335 e. The maximum absolute atomic E-state index is 9.77. The van der Waals surface area contributed by atoms with Gasteiger partial charge in [0, 0.05) is 6.04 Å². The summed E-state index contributed by atoms with van der Waals surface area (Å²) in [5.74, 6) is -3.54. The highest BCUT2D eigenvalue weighted by molar-refractivity contribution is 5.86. The molecule has 0 unspecified atom stereocenters. The Morgan fingerprint density at radius 3 is 1.87 bits per heavy atom. The van der Waals surface area contributed by atoms with Gasteiger partial charge < -0.3 is 26.2 Å². The first kappa shape index (κ1) is 18.6. The van der Waals surface area contributed by atoms with Crippen LogP contribution in [0.4, 0.5) is 0 Å². The molecule has 7 heteroatoms. The molecule has 0 saturated carbocycles. The number of rotatable bonds is 4. The molecule has 0 spiro atoms. The van der Waals surface area contributed by atoms with Crippen molar-refractivity contribution in [1.82, 2.24) is 0 Å². The molecule has 0 aliphatic rings. The summed E-state index contributed by atoms with van der Waals surface area (Å²) in [6.07, 6.45) is -4.53. The Labute approximate surface area is 132 Å². The molecule has 7 nitrogen and oxygen atoms in total. The van der Waals surface area contributed by atoms with E-state index in [1.807, 2.05) is 19.1 Å². The number of nitrogens with two attached hydrogens (primary N) is 1. The standard InChI is InChI=1S/C12H13N.C4H6O6/c1-9(13)11-8-4-6-10-5-2-3-7-12(10)11;5-1(3(7)8)2(6)4(9)10/h2-9H,13H2,1H3;1-2,5-6H,(H,7,8)(H,9,10)/t9-;1-,2-/m10/s1. The Morgan fingerprint density at radius 2 is 1.39 bits per heavy atom. The van der Waals surface area contributed by atoms with E-state index in [9.17, 15) is 9.59 Å². The van der Waals surface area contributed by atoms with Gasteiger partial charge >= 0.3 is 11.9 Å². The smallest absolute Gasteiger partial charge is 0.335 e. The topological polar surface area (TPSA) is 141 Å². The highest BCUT2D eigenvalue weighted by Crippen LogP contribution is 2.22. The first-order valence-corrected chi connectivity index (χ1v) is 6.80. The van der Waals surface area contributed by atoms with Crippen LogP contribution in [0.25, 0.3) is 10.8 Å². The SMILES string of the molecule is C[C@@H](N)c1cccc2ccccc12.O=C(O)[C@@H](O)[C@H](O)C(=O)O. The molecule has 0 radical (unpaired) electrons. The predicted molar refractivity (Wildman–Crippen MR) is 83.8 cm³/mol. The lowest BCUT2D eigenvalue weighted by molar-refractivity contribution is -0.165. The van der Waals surface area contributed by atoms with Crippen molar-refractivity contribution in [3.8, 4) is 0 Å². The average molecular weight is 321 g/mol. The number of aliphatic carboxylic acids is 2. The first-order chi connectivity index (χ1) is 10.8. The van der Waals surface area contributed by atoms with E-state index in [-0.39, 0.29) is 6.04 Å². The lowest BCUT2D eigenvalue weighted by Gasteiger charge is -2.09. The number of fused-ring (bicyclic) bond motifs is 1. The predicted octanol–water partition coefficient (Wildman–Crippen LogP) is 0.737. The van der Waals surface area contributed by atoms with Gasteiger partial charge in [0.05, 0.1) is 0 Å². The molecule has 3 atom stereocenters. The van der Waals surface area contributed by atoms with Crippen molar-refractivity contribution in [2.45, 2.75) is 25.2 Å². The third kappa shape index (κ3) is 5.03. The van der Waals surface area contributed by atoms with E-state index in [2.05, 4.69) is 30.3 Å². The van der Waals surface area contributed by atoms with E-state index in [4.69, 9.17) is 26.2 Å². The zero-order valence-corrected chi connectivity index (χ0v) is 12.5. The summed E-state index contributed by atoms with van der Waals surface area (Å²) in [6, 6.07) is 14.7. The summed E-state index contributed by atoms with van der Waals surface area (Å²) >= 11 is 0. The quantitative estimate of drug-likeness (QED) is 0.559. The van der Waals surface area contributed by atoms with Crippen LogP contribution in [0.15, 0.2) is 42.5 Å². The molecule has 0 aliphatic heterocycles. The molecule has 0 aliphatic carbocycles. The molecule has 0 bridgehead atoms. The molecule has 124 valence electrons. The highest BCUT2D eigenvalue weighted by atomic mass is 16.4. The molecule has 2 aromatic rings. The van der Waals surface area contributed by atoms with E-state index in [0.717, 1.165) is 0 Å². The second-order valence-electron chi connectivity index (χ2n) is 4.92. The number of hydrogen-bond donors (Lipinski definition) is 5. The van der Waals surface area contributed by atoms with E-state index >= 15 is 0 Å². The van der Waals surface area contributed by atoms with Crippen LogP contribution in [-0.2, 0) is 9.59 Å². The van der Waals surface area contributed by atoms with Gasteiger partial charge in [0.15, 0.2) is 12.2 Å². The van der Waals surface area contributed by atoms with Gasteiger partial charge in [-0.2, -0.15) is 0 Å². The molecule has 2 aromatic carbocycles. The van der Waals surface area contributed by atoms with Crippen LogP contribution >= 0.6 is 0 Å². The number of aliphatic hydroxyl groups excluding tert-OH is 2. The fourth-order valence-electron chi connectivity index (χ4n) is 1.92. The van der Waals surface area contributed by atoms with Crippen LogP contribution in [0, 0.1) is 0 Å². The Balaban J connectivity index is 0.000000241. The van der Waals surface area contributed by atoms with E-state index in [1.54, 1.807) is 0 Å². The Kier molecular flexibility index (Phi) is 6.65. The van der Waals surface area contributed by atoms with Gasteiger partial charge in [0.2, 0.25) is 0 Å². The Hall–Kier alpha value is -2.48. The first-order valence-electron chi connectivity index (χ1n) is 6.80. The fraction of sp³-hybridized carbons (Fsp3) is 0.250. The maximum atomic E-state index is 9.77. The van der Waals surface area contributed by atoms with Crippen LogP contribution in [0.3, 0.4) is 0 Å². The zero-order valence-electron chi connectivity index (χ0n) is 12.5. The zero-order chi connectivity index (χ0) is 17.6. The third-order valence-corrected chi connectivity index (χ3v) is 3.12. The molecular formula is C16H19NO6. The van der Waals surface area contributed by atoms with Crippen molar-refractivity contribution in [2.24, 2.45) is 5.73 Å². The second-order valence-corrected chi connectivity index (χ2v) is 4.92. The molecular weight excluding hydrogens is 302 g/mol. The average Bonchev–Trinajstić information content (AvgIpc) is 2.53. The molecule has 0 saturated heterocycles. The summed E-state index contributed by atoms with van der Waals surface area (Å²) < 4.78 is 0. The van der Waals surface area contributed by atoms with E-state index < -0.39 is 24.1 Å². The summed E-state index contributed by atoms with van der Waals surface area (Å²) in [5, 5.41) is 35.1.